The Morgan fingerprint density at radius 2 is 1.36 bits per heavy atom. The molecule has 0 aromatic rings. The fourth-order valence-electron chi connectivity index (χ4n) is 0.219. The van der Waals surface area contributed by atoms with Crippen LogP contribution < -0.4 is 0 Å². The summed E-state index contributed by atoms with van der Waals surface area (Å²) in [5, 5.41) is 0. The third-order valence-corrected chi connectivity index (χ3v) is 0.887. The molecular weight excluding hydrogens is 214 g/mol. The lowest BCUT2D eigenvalue weighted by Crippen LogP contribution is -2.34. The van der Waals surface area contributed by atoms with Gasteiger partial charge in [0.2, 0.25) is 0 Å². The van der Waals surface area contributed by atoms with Crippen LogP contribution in [0.5, 0.6) is 0 Å². The highest BCUT2D eigenvalue weighted by molar-refractivity contribution is 6.55. The smallest absolute Gasteiger partial charge is 0.191 e. The van der Waals surface area contributed by atoms with Crippen LogP contribution in [0.25, 0.3) is 0 Å². The Balaban J connectivity index is 4.61. The topological polar surface area (TPSA) is 0 Å². The van der Waals surface area contributed by atoms with Crippen molar-refractivity contribution in [1.82, 2.24) is 0 Å². The molecule has 0 aromatic carbocycles. The highest BCUT2D eigenvalue weighted by Crippen LogP contribution is 2.37. The summed E-state index contributed by atoms with van der Waals surface area (Å²) in [4.78, 5) is 0. The molecule has 0 saturated heterocycles. The molecule has 0 atom stereocenters. The van der Waals surface area contributed by atoms with Gasteiger partial charge in [0, 0.05) is 6.08 Å². The molecular formula is C4HCl2F5. The molecule has 0 radical (unpaired) electrons. The van der Waals surface area contributed by atoms with Crippen molar-refractivity contribution in [3.63, 3.8) is 0 Å². The summed E-state index contributed by atoms with van der Waals surface area (Å²) >= 11 is 9.23. The normalized spacial score (nSPS) is 13.0. The Morgan fingerprint density at radius 1 is 1.00 bits per heavy atom. The first-order valence-corrected chi connectivity index (χ1v) is 2.91. The van der Waals surface area contributed by atoms with Crippen LogP contribution >= 0.6 is 23.2 Å². The Hall–Kier alpha value is -0.0300. The highest BCUT2D eigenvalue weighted by Gasteiger charge is 2.55. The van der Waals surface area contributed by atoms with Crippen LogP contribution in [0.1, 0.15) is 0 Å². The molecule has 0 aliphatic carbocycles. The van der Waals surface area contributed by atoms with Gasteiger partial charge in [-0.2, -0.15) is 22.0 Å². The Morgan fingerprint density at radius 3 is 1.45 bits per heavy atom. The van der Waals surface area contributed by atoms with Gasteiger partial charge in [0.25, 0.3) is 0 Å². The van der Waals surface area contributed by atoms with Crippen molar-refractivity contribution in [2.24, 2.45) is 0 Å². The molecule has 0 amide bonds. The average molecular weight is 215 g/mol. The van der Waals surface area contributed by atoms with Gasteiger partial charge in [-0.1, -0.05) is 23.2 Å². The van der Waals surface area contributed by atoms with Crippen LogP contribution in [0, 0.1) is 0 Å². The summed E-state index contributed by atoms with van der Waals surface area (Å²) in [5.74, 6) is -4.97. The summed E-state index contributed by atoms with van der Waals surface area (Å²) < 4.78 is 56.3. The maximum Gasteiger partial charge on any atom is 0.457 e. The van der Waals surface area contributed by atoms with Gasteiger partial charge in [-0.25, -0.2) is 0 Å². The monoisotopic (exact) mass is 214 g/mol. The van der Waals surface area contributed by atoms with Crippen LogP contribution in [-0.4, -0.2) is 12.1 Å². The largest absolute Gasteiger partial charge is 0.457 e. The van der Waals surface area contributed by atoms with E-state index in [2.05, 4.69) is 23.2 Å². The van der Waals surface area contributed by atoms with E-state index in [1.54, 1.807) is 0 Å². The molecule has 11 heavy (non-hydrogen) atoms. The fraction of sp³-hybridized carbons (Fsp3) is 0.500. The molecule has 0 bridgehead atoms. The number of allylic oxidation sites excluding steroid dienone is 1. The van der Waals surface area contributed by atoms with Gasteiger partial charge < -0.3 is 0 Å². The molecule has 0 aliphatic heterocycles. The molecule has 0 N–H and O–H groups in total. The van der Waals surface area contributed by atoms with Crippen molar-refractivity contribution in [2.45, 2.75) is 12.1 Å². The first-order valence-electron chi connectivity index (χ1n) is 2.15. The van der Waals surface area contributed by atoms with Crippen LogP contribution in [0.15, 0.2) is 10.6 Å². The van der Waals surface area contributed by atoms with E-state index in [-0.39, 0.29) is 0 Å². The quantitative estimate of drug-likeness (QED) is 0.587. The van der Waals surface area contributed by atoms with Gasteiger partial charge in [-0.3, -0.25) is 0 Å². The highest BCUT2D eigenvalue weighted by atomic mass is 35.5. The first kappa shape index (κ1) is 11.0. The molecule has 7 heteroatoms. The molecule has 0 rings (SSSR count). The minimum atomic E-state index is -5.65. The SMILES string of the molecule is FC(F)(F)C(F)(F)C=C(Cl)Cl. The summed E-state index contributed by atoms with van der Waals surface area (Å²) in [5.41, 5.74) is 0. The van der Waals surface area contributed by atoms with Crippen LogP contribution in [0.3, 0.4) is 0 Å². The number of hydrogen-bond acceptors (Lipinski definition) is 0. The van der Waals surface area contributed by atoms with Gasteiger partial charge in [-0.15, -0.1) is 0 Å². The molecule has 0 heterocycles. The van der Waals surface area contributed by atoms with Crippen molar-refractivity contribution in [3.8, 4) is 0 Å². The molecule has 0 spiro atoms. The average Bonchev–Trinajstić information content (AvgIpc) is 1.56. The first-order chi connectivity index (χ1) is 4.67. The number of hydrogen-bond donors (Lipinski definition) is 0. The van der Waals surface area contributed by atoms with Crippen LogP contribution in [-0.2, 0) is 0 Å². The van der Waals surface area contributed by atoms with Gasteiger partial charge in [0.15, 0.2) is 0 Å². The lowest BCUT2D eigenvalue weighted by molar-refractivity contribution is -0.259. The third-order valence-electron chi connectivity index (χ3n) is 0.668. The zero-order valence-electron chi connectivity index (χ0n) is 4.72. The lowest BCUT2D eigenvalue weighted by atomic mass is 10.3. The second kappa shape index (κ2) is 3.15. The molecule has 0 saturated carbocycles. The van der Waals surface area contributed by atoms with E-state index < -0.39 is 22.7 Å². The summed E-state index contributed by atoms with van der Waals surface area (Å²) in [7, 11) is 0. The third kappa shape index (κ3) is 3.25. The van der Waals surface area contributed by atoms with Gasteiger partial charge >= 0.3 is 12.1 Å². The van der Waals surface area contributed by atoms with Crippen LogP contribution in [0.2, 0.25) is 0 Å². The van der Waals surface area contributed by atoms with Gasteiger partial charge in [0.05, 0.1) is 0 Å². The Labute approximate surface area is 68.6 Å². The lowest BCUT2D eigenvalue weighted by Gasteiger charge is -2.14. The minimum absolute atomic E-state index is 0.573. The van der Waals surface area contributed by atoms with E-state index in [0.717, 1.165) is 0 Å². The van der Waals surface area contributed by atoms with E-state index in [4.69, 9.17) is 0 Å². The number of alkyl halides is 5. The van der Waals surface area contributed by atoms with Crippen molar-refractivity contribution in [3.05, 3.63) is 10.6 Å². The maximum absolute atomic E-state index is 11.8. The number of halogens is 7. The predicted octanol–water partition coefficient (Wildman–Crippen LogP) is 3.50. The molecule has 66 valence electrons. The molecule has 0 aliphatic rings. The van der Waals surface area contributed by atoms with E-state index in [0.29, 0.717) is 0 Å². The van der Waals surface area contributed by atoms with Crippen molar-refractivity contribution < 1.29 is 22.0 Å². The Kier molecular flexibility index (Phi) is 3.14. The van der Waals surface area contributed by atoms with E-state index in [1.165, 1.54) is 0 Å². The fourth-order valence-corrected chi connectivity index (χ4v) is 0.493. The molecule has 0 aromatic heterocycles. The van der Waals surface area contributed by atoms with Gasteiger partial charge in [-0.05, 0) is 0 Å². The molecule has 0 nitrogen and oxygen atoms in total. The van der Waals surface area contributed by atoms with Crippen molar-refractivity contribution in [2.75, 3.05) is 0 Å². The van der Waals surface area contributed by atoms with E-state index >= 15 is 0 Å². The minimum Gasteiger partial charge on any atom is -0.191 e. The zero-order valence-corrected chi connectivity index (χ0v) is 6.23. The predicted molar refractivity (Wildman–Crippen MR) is 30.8 cm³/mol. The summed E-state index contributed by atoms with van der Waals surface area (Å²) in [6, 6.07) is 0. The van der Waals surface area contributed by atoms with Crippen molar-refractivity contribution in [1.29, 1.82) is 0 Å². The second-order valence-electron chi connectivity index (χ2n) is 1.55. The standard InChI is InChI=1S/C4HCl2F5/c5-2(6)1-3(7,8)4(9,10)11/h1H. The molecule has 0 unspecified atom stereocenters. The zero-order chi connectivity index (χ0) is 9.28. The number of rotatable bonds is 1. The van der Waals surface area contributed by atoms with Gasteiger partial charge in [0.1, 0.15) is 4.49 Å². The maximum atomic E-state index is 11.8. The summed E-state index contributed by atoms with van der Waals surface area (Å²) in [6.07, 6.45) is -6.22. The second-order valence-corrected chi connectivity index (χ2v) is 2.56. The van der Waals surface area contributed by atoms with E-state index in [1.807, 2.05) is 0 Å². The van der Waals surface area contributed by atoms with Crippen LogP contribution in [0.4, 0.5) is 22.0 Å². The van der Waals surface area contributed by atoms with E-state index in [9.17, 15) is 22.0 Å². The Bertz CT molecular complexity index is 166. The molecule has 0 fully saturated rings. The summed E-state index contributed by atoms with van der Waals surface area (Å²) in [6.45, 7) is 0. The van der Waals surface area contributed by atoms with Crippen molar-refractivity contribution >= 4 is 23.2 Å².